The molecule has 8 heteroatoms. The van der Waals surface area contributed by atoms with Crippen LogP contribution in [0, 0.1) is 23.5 Å². The lowest BCUT2D eigenvalue weighted by Crippen LogP contribution is -2.27. The topological polar surface area (TPSA) is 43.4 Å². The third-order valence-electron chi connectivity index (χ3n) is 2.19. The summed E-state index contributed by atoms with van der Waals surface area (Å²) in [7, 11) is 2.78. The van der Waals surface area contributed by atoms with Crippen molar-refractivity contribution in [2.45, 2.75) is 6.10 Å². The molecule has 1 heterocycles. The number of nitrogens with zero attached hydrogens (tertiary/aromatic N) is 1. The number of aromatic nitrogens is 1. The maximum Gasteiger partial charge on any atom is 0.253 e. The number of pyridine rings is 1. The first-order chi connectivity index (χ1) is 8.51. The van der Waals surface area contributed by atoms with Crippen molar-refractivity contribution < 1.29 is 27.0 Å². The molecular weight excluding hydrogens is 256 g/mol. The van der Waals surface area contributed by atoms with Gasteiger partial charge in [0.05, 0.1) is 12.7 Å². The van der Waals surface area contributed by atoms with Crippen LogP contribution in [0.5, 0.6) is 0 Å². The van der Waals surface area contributed by atoms with Crippen LogP contribution in [0.4, 0.5) is 23.2 Å². The number of hydrogen-bond donors (Lipinski definition) is 1. The summed E-state index contributed by atoms with van der Waals surface area (Å²) in [6.45, 7) is 0.0733. The molecule has 0 spiro atoms. The van der Waals surface area contributed by atoms with E-state index in [0.29, 0.717) is 0 Å². The van der Waals surface area contributed by atoms with E-state index in [-0.39, 0.29) is 13.2 Å². The average molecular weight is 268 g/mol. The molecule has 18 heavy (non-hydrogen) atoms. The summed E-state index contributed by atoms with van der Waals surface area (Å²) >= 11 is 0. The zero-order valence-corrected chi connectivity index (χ0v) is 9.77. The first-order valence-corrected chi connectivity index (χ1v) is 4.96. The van der Waals surface area contributed by atoms with E-state index in [2.05, 4.69) is 10.3 Å². The van der Waals surface area contributed by atoms with E-state index in [1.54, 1.807) is 0 Å². The Morgan fingerprint density at radius 2 is 1.67 bits per heavy atom. The summed E-state index contributed by atoms with van der Waals surface area (Å²) in [5, 5.41) is 2.22. The van der Waals surface area contributed by atoms with Gasteiger partial charge >= 0.3 is 0 Å². The van der Waals surface area contributed by atoms with Gasteiger partial charge in [0.2, 0.25) is 11.6 Å². The highest BCUT2D eigenvalue weighted by Crippen LogP contribution is 2.21. The molecule has 1 N–H and O–H groups in total. The third kappa shape index (κ3) is 3.30. The molecule has 1 rings (SSSR count). The first-order valence-electron chi connectivity index (χ1n) is 4.96. The van der Waals surface area contributed by atoms with Gasteiger partial charge in [-0.15, -0.1) is 0 Å². The Hall–Kier alpha value is -1.41. The Kier molecular flexibility index (Phi) is 5.29. The summed E-state index contributed by atoms with van der Waals surface area (Å²) in [5.41, 5.74) is -0.918. The van der Waals surface area contributed by atoms with E-state index in [1.165, 1.54) is 14.2 Å². The Balaban J connectivity index is 2.84. The number of ether oxygens (including phenoxy) is 2. The molecule has 1 unspecified atom stereocenters. The first kappa shape index (κ1) is 14.7. The molecule has 0 aliphatic heterocycles. The lowest BCUT2D eigenvalue weighted by molar-refractivity contribution is 0.0365. The van der Waals surface area contributed by atoms with Crippen LogP contribution in [-0.2, 0) is 9.47 Å². The van der Waals surface area contributed by atoms with Gasteiger partial charge in [0, 0.05) is 20.8 Å². The smallest absolute Gasteiger partial charge is 0.253 e. The fraction of sp³-hybridized carbons (Fsp3) is 0.500. The minimum absolute atomic E-state index is 0.0823. The van der Waals surface area contributed by atoms with Crippen LogP contribution in [0.2, 0.25) is 0 Å². The van der Waals surface area contributed by atoms with Crippen LogP contribution in [0.3, 0.4) is 0 Å². The van der Waals surface area contributed by atoms with Gasteiger partial charge in [-0.3, -0.25) is 0 Å². The Morgan fingerprint density at radius 1 is 1.11 bits per heavy atom. The van der Waals surface area contributed by atoms with Crippen LogP contribution in [0.1, 0.15) is 0 Å². The highest BCUT2D eigenvalue weighted by Gasteiger charge is 2.21. The van der Waals surface area contributed by atoms with Crippen molar-refractivity contribution in [3.8, 4) is 0 Å². The molecule has 4 nitrogen and oxygen atoms in total. The predicted molar refractivity (Wildman–Crippen MR) is 55.2 cm³/mol. The minimum Gasteiger partial charge on any atom is -0.382 e. The second kappa shape index (κ2) is 6.50. The fourth-order valence-corrected chi connectivity index (χ4v) is 1.25. The molecule has 1 aromatic heterocycles. The molecule has 0 radical (unpaired) electrons. The van der Waals surface area contributed by atoms with Crippen molar-refractivity contribution in [1.82, 2.24) is 4.98 Å². The van der Waals surface area contributed by atoms with Gasteiger partial charge in [0.25, 0.3) is 11.9 Å². The van der Waals surface area contributed by atoms with Crippen molar-refractivity contribution in [2.75, 3.05) is 32.7 Å². The van der Waals surface area contributed by atoms with Gasteiger partial charge in [0.1, 0.15) is 5.69 Å². The molecule has 0 fully saturated rings. The number of nitrogens with one attached hydrogen (secondary N) is 1. The van der Waals surface area contributed by atoms with Crippen molar-refractivity contribution in [2.24, 2.45) is 0 Å². The zero-order valence-electron chi connectivity index (χ0n) is 9.77. The quantitative estimate of drug-likeness (QED) is 0.630. The second-order valence-electron chi connectivity index (χ2n) is 3.39. The maximum absolute atomic E-state index is 13.2. The van der Waals surface area contributed by atoms with Crippen LogP contribution in [-0.4, -0.2) is 38.5 Å². The average Bonchev–Trinajstić information content (AvgIpc) is 2.35. The summed E-state index contributed by atoms with van der Waals surface area (Å²) in [6, 6.07) is 0. The van der Waals surface area contributed by atoms with E-state index in [9.17, 15) is 17.6 Å². The number of methoxy groups -OCH3 is 2. The molecule has 1 atom stereocenters. The van der Waals surface area contributed by atoms with Crippen LogP contribution in [0.15, 0.2) is 0 Å². The minimum atomic E-state index is -1.71. The Morgan fingerprint density at radius 3 is 2.11 bits per heavy atom. The molecule has 1 aromatic rings. The number of halogens is 4. The molecule has 0 saturated heterocycles. The van der Waals surface area contributed by atoms with Crippen molar-refractivity contribution in [3.05, 3.63) is 23.5 Å². The van der Waals surface area contributed by atoms with E-state index in [0.717, 1.165) is 0 Å². The molecule has 0 amide bonds. The molecular formula is C10H12F4N2O2. The number of anilines is 1. The van der Waals surface area contributed by atoms with Crippen LogP contribution < -0.4 is 5.32 Å². The summed E-state index contributed by atoms with van der Waals surface area (Å²) in [6.07, 6.45) is -0.520. The van der Waals surface area contributed by atoms with Gasteiger partial charge in [-0.1, -0.05) is 0 Å². The van der Waals surface area contributed by atoms with Gasteiger partial charge in [-0.25, -0.2) is 0 Å². The lowest BCUT2D eigenvalue weighted by atomic mass is 10.3. The monoisotopic (exact) mass is 268 g/mol. The normalized spacial score (nSPS) is 12.6. The second-order valence-corrected chi connectivity index (χ2v) is 3.39. The summed E-state index contributed by atoms with van der Waals surface area (Å²) < 4.78 is 61.7. The van der Waals surface area contributed by atoms with E-state index >= 15 is 0 Å². The largest absolute Gasteiger partial charge is 0.382 e. The van der Waals surface area contributed by atoms with E-state index in [4.69, 9.17) is 9.47 Å². The van der Waals surface area contributed by atoms with Crippen molar-refractivity contribution in [1.29, 1.82) is 0 Å². The molecule has 0 aliphatic carbocycles. The van der Waals surface area contributed by atoms with Crippen molar-refractivity contribution in [3.63, 3.8) is 0 Å². The summed E-state index contributed by atoms with van der Waals surface area (Å²) in [5.74, 6) is -6.59. The standard InChI is InChI=1S/C10H12F4N2O2/c1-17-4-5(18-2)3-15-8-6(11)9(13)16-10(14)7(8)12/h5H,3-4H2,1-2H3,(H,15,16). The zero-order chi connectivity index (χ0) is 13.7. The van der Waals surface area contributed by atoms with E-state index in [1.807, 2.05) is 0 Å². The highest BCUT2D eigenvalue weighted by atomic mass is 19.2. The molecule has 0 saturated carbocycles. The van der Waals surface area contributed by atoms with Gasteiger partial charge < -0.3 is 14.8 Å². The number of rotatable bonds is 6. The highest BCUT2D eigenvalue weighted by molar-refractivity contribution is 5.45. The Labute approximate surface area is 101 Å². The maximum atomic E-state index is 13.2. The molecule has 0 aromatic carbocycles. The van der Waals surface area contributed by atoms with Crippen LogP contribution in [0.25, 0.3) is 0 Å². The third-order valence-corrected chi connectivity index (χ3v) is 2.19. The SMILES string of the molecule is COCC(CNc1c(F)c(F)nc(F)c1F)OC. The molecule has 0 bridgehead atoms. The Bertz CT molecular complexity index is 391. The number of hydrogen-bond acceptors (Lipinski definition) is 4. The van der Waals surface area contributed by atoms with Crippen LogP contribution >= 0.6 is 0 Å². The lowest BCUT2D eigenvalue weighted by Gasteiger charge is -2.16. The predicted octanol–water partition coefficient (Wildman–Crippen LogP) is 1.71. The van der Waals surface area contributed by atoms with Gasteiger partial charge in [-0.05, 0) is 0 Å². The van der Waals surface area contributed by atoms with Gasteiger partial charge in [-0.2, -0.15) is 22.5 Å². The molecule has 102 valence electrons. The fourth-order valence-electron chi connectivity index (χ4n) is 1.25. The molecule has 0 aliphatic rings. The van der Waals surface area contributed by atoms with E-state index < -0.39 is 35.3 Å². The summed E-state index contributed by atoms with van der Waals surface area (Å²) in [4.78, 5) is 2.44. The van der Waals surface area contributed by atoms with Gasteiger partial charge in [0.15, 0.2) is 0 Å². The van der Waals surface area contributed by atoms with Crippen molar-refractivity contribution >= 4 is 5.69 Å².